The molecule has 0 unspecified atom stereocenters. The average Bonchev–Trinajstić information content (AvgIpc) is 2.29. The van der Waals surface area contributed by atoms with Gasteiger partial charge in [-0.05, 0) is 35.7 Å². The minimum Gasteiger partial charge on any atom is -0.208 e. The molecule has 0 spiro atoms. The van der Waals surface area contributed by atoms with Crippen molar-refractivity contribution >= 4 is 12.4 Å². The van der Waals surface area contributed by atoms with Crippen molar-refractivity contribution in [3.63, 3.8) is 0 Å². The molecule has 0 N–H and O–H groups in total. The number of nitrogens with zero attached hydrogens (tertiary/aromatic N) is 1. The topological polar surface area (TPSA) is 3.01 Å². The lowest BCUT2D eigenvalue weighted by molar-refractivity contribution is -0.394. The van der Waals surface area contributed by atoms with Crippen LogP contribution in [0.2, 0.25) is 0 Å². The van der Waals surface area contributed by atoms with Gasteiger partial charge in [-0.3, -0.25) is 0 Å². The SMILES string of the molecule is C=[N+](C)c1ccc(C)c(-c2cccc(F)c2)c1. The molecule has 0 saturated heterocycles. The molecule has 1 nitrogen and oxygen atoms in total. The summed E-state index contributed by atoms with van der Waals surface area (Å²) in [5.41, 5.74) is 4.07. The summed E-state index contributed by atoms with van der Waals surface area (Å²) in [7, 11) is 1.89. The Hall–Kier alpha value is -1.96. The summed E-state index contributed by atoms with van der Waals surface area (Å²) in [6.07, 6.45) is 0. The van der Waals surface area contributed by atoms with Crippen molar-refractivity contribution in [2.24, 2.45) is 0 Å². The Bertz CT molecular complexity index is 573. The highest BCUT2D eigenvalue weighted by Crippen LogP contribution is 2.27. The Kier molecular flexibility index (Phi) is 3.05. The summed E-state index contributed by atoms with van der Waals surface area (Å²) < 4.78 is 15.0. The molecule has 0 bridgehead atoms. The number of aryl methyl sites for hydroxylation is 1. The monoisotopic (exact) mass is 228 g/mol. The Morgan fingerprint density at radius 1 is 1.12 bits per heavy atom. The van der Waals surface area contributed by atoms with E-state index < -0.39 is 0 Å². The van der Waals surface area contributed by atoms with Crippen molar-refractivity contribution in [2.45, 2.75) is 6.92 Å². The van der Waals surface area contributed by atoms with Gasteiger partial charge >= 0.3 is 0 Å². The standard InChI is InChI=1S/C15H15FN/c1-11-7-8-14(17(2)3)10-15(11)12-5-4-6-13(16)9-12/h4-10H,2H2,1,3H3/q+1. The molecule has 17 heavy (non-hydrogen) atoms. The van der Waals surface area contributed by atoms with Crippen LogP contribution in [0.25, 0.3) is 11.1 Å². The predicted octanol–water partition coefficient (Wildman–Crippen LogP) is 3.78. The molecule has 2 aromatic carbocycles. The Morgan fingerprint density at radius 3 is 2.53 bits per heavy atom. The maximum atomic E-state index is 13.2. The molecule has 0 radical (unpaired) electrons. The fourth-order valence-corrected chi connectivity index (χ4v) is 1.81. The van der Waals surface area contributed by atoms with Gasteiger partial charge in [0.2, 0.25) is 5.69 Å². The molecule has 0 aliphatic heterocycles. The quantitative estimate of drug-likeness (QED) is 0.543. The van der Waals surface area contributed by atoms with Crippen molar-refractivity contribution in [3.8, 4) is 11.1 Å². The zero-order chi connectivity index (χ0) is 12.4. The van der Waals surface area contributed by atoms with E-state index in [0.29, 0.717) is 0 Å². The third kappa shape index (κ3) is 2.41. The molecule has 0 aliphatic rings. The normalized spacial score (nSPS) is 10.3. The molecule has 0 heterocycles. The molecule has 0 saturated carbocycles. The van der Waals surface area contributed by atoms with E-state index in [1.165, 1.54) is 6.07 Å². The van der Waals surface area contributed by atoms with E-state index in [9.17, 15) is 4.39 Å². The molecule has 0 aromatic heterocycles. The lowest BCUT2D eigenvalue weighted by atomic mass is 10.00. The second-order valence-electron chi connectivity index (χ2n) is 4.21. The summed E-state index contributed by atoms with van der Waals surface area (Å²) in [5, 5.41) is 0. The van der Waals surface area contributed by atoms with Gasteiger partial charge in [-0.1, -0.05) is 18.2 Å². The van der Waals surface area contributed by atoms with Gasteiger partial charge in [0, 0.05) is 12.1 Å². The van der Waals surface area contributed by atoms with Crippen LogP contribution in [0.5, 0.6) is 0 Å². The lowest BCUT2D eigenvalue weighted by Gasteiger charge is -2.06. The third-order valence-corrected chi connectivity index (χ3v) is 2.80. The number of hydrogen-bond acceptors (Lipinski definition) is 0. The van der Waals surface area contributed by atoms with Crippen LogP contribution in [0.3, 0.4) is 0 Å². The van der Waals surface area contributed by atoms with Gasteiger partial charge < -0.3 is 0 Å². The van der Waals surface area contributed by atoms with Crippen LogP contribution in [-0.2, 0) is 0 Å². The Labute approximate surface area is 101 Å². The number of rotatable bonds is 2. The first-order valence-corrected chi connectivity index (χ1v) is 5.49. The molecular weight excluding hydrogens is 213 g/mol. The van der Waals surface area contributed by atoms with Crippen molar-refractivity contribution in [1.82, 2.24) is 0 Å². The molecule has 0 amide bonds. The maximum Gasteiger partial charge on any atom is 0.205 e. The number of hydrogen-bond donors (Lipinski definition) is 0. The molecule has 0 aliphatic carbocycles. The fourth-order valence-electron chi connectivity index (χ4n) is 1.81. The van der Waals surface area contributed by atoms with Crippen LogP contribution in [0.15, 0.2) is 42.5 Å². The van der Waals surface area contributed by atoms with Gasteiger partial charge in [0.25, 0.3) is 0 Å². The summed E-state index contributed by atoms with van der Waals surface area (Å²) in [6, 6.07) is 12.7. The minimum absolute atomic E-state index is 0.213. The lowest BCUT2D eigenvalue weighted by Crippen LogP contribution is -1.94. The van der Waals surface area contributed by atoms with Crippen LogP contribution in [0.1, 0.15) is 5.56 Å². The van der Waals surface area contributed by atoms with E-state index >= 15 is 0 Å². The van der Waals surface area contributed by atoms with Crippen LogP contribution < -0.4 is 0 Å². The fraction of sp³-hybridized carbons (Fsp3) is 0.133. The minimum atomic E-state index is -0.213. The van der Waals surface area contributed by atoms with Gasteiger partial charge in [-0.2, -0.15) is 0 Å². The maximum absolute atomic E-state index is 13.2. The molecular formula is C15H15FN+. The van der Waals surface area contributed by atoms with Gasteiger partial charge in [0.15, 0.2) is 0 Å². The zero-order valence-electron chi connectivity index (χ0n) is 10.1. The average molecular weight is 228 g/mol. The predicted molar refractivity (Wildman–Crippen MR) is 69.5 cm³/mol. The van der Waals surface area contributed by atoms with Crippen molar-refractivity contribution in [3.05, 3.63) is 53.8 Å². The van der Waals surface area contributed by atoms with E-state index in [2.05, 4.69) is 6.72 Å². The summed E-state index contributed by atoms with van der Waals surface area (Å²) >= 11 is 0. The van der Waals surface area contributed by atoms with E-state index in [4.69, 9.17) is 0 Å². The molecule has 0 atom stereocenters. The van der Waals surface area contributed by atoms with Crippen molar-refractivity contribution < 1.29 is 8.97 Å². The van der Waals surface area contributed by atoms with Crippen molar-refractivity contribution in [2.75, 3.05) is 7.05 Å². The third-order valence-electron chi connectivity index (χ3n) is 2.80. The second-order valence-corrected chi connectivity index (χ2v) is 4.21. The highest BCUT2D eigenvalue weighted by atomic mass is 19.1. The molecule has 2 rings (SSSR count). The van der Waals surface area contributed by atoms with Crippen LogP contribution in [-0.4, -0.2) is 18.3 Å². The van der Waals surface area contributed by atoms with Crippen molar-refractivity contribution in [1.29, 1.82) is 0 Å². The van der Waals surface area contributed by atoms with Gasteiger partial charge in [0.05, 0.1) is 0 Å². The summed E-state index contributed by atoms with van der Waals surface area (Å²) in [6.45, 7) is 5.87. The second kappa shape index (κ2) is 4.50. The Balaban J connectivity index is 2.58. The van der Waals surface area contributed by atoms with Crippen LogP contribution in [0.4, 0.5) is 10.1 Å². The van der Waals surface area contributed by atoms with E-state index in [1.54, 1.807) is 16.7 Å². The molecule has 2 aromatic rings. The van der Waals surface area contributed by atoms with Crippen LogP contribution in [0, 0.1) is 12.7 Å². The highest BCUT2D eigenvalue weighted by molar-refractivity contribution is 5.69. The highest BCUT2D eigenvalue weighted by Gasteiger charge is 2.08. The summed E-state index contributed by atoms with van der Waals surface area (Å²) in [5.74, 6) is -0.213. The Morgan fingerprint density at radius 2 is 1.88 bits per heavy atom. The first kappa shape index (κ1) is 11.5. The first-order chi connectivity index (χ1) is 8.08. The van der Waals surface area contributed by atoms with E-state index in [0.717, 1.165) is 22.4 Å². The zero-order valence-corrected chi connectivity index (χ0v) is 10.1. The number of benzene rings is 2. The van der Waals surface area contributed by atoms with E-state index in [-0.39, 0.29) is 5.82 Å². The van der Waals surface area contributed by atoms with Gasteiger partial charge in [0.1, 0.15) is 19.6 Å². The van der Waals surface area contributed by atoms with Crippen LogP contribution >= 0.6 is 0 Å². The largest absolute Gasteiger partial charge is 0.208 e. The molecule has 2 heteroatoms. The molecule has 0 fully saturated rings. The first-order valence-electron chi connectivity index (χ1n) is 5.49. The molecule has 86 valence electrons. The van der Waals surface area contributed by atoms with Gasteiger partial charge in [-0.15, -0.1) is 0 Å². The number of halogens is 1. The van der Waals surface area contributed by atoms with E-state index in [1.807, 2.05) is 38.2 Å². The smallest absolute Gasteiger partial charge is 0.205 e. The van der Waals surface area contributed by atoms with Gasteiger partial charge in [-0.25, -0.2) is 8.97 Å². The summed E-state index contributed by atoms with van der Waals surface area (Å²) in [4.78, 5) is 0.